The second-order valence-corrected chi connectivity index (χ2v) is 24.5. The molecular weight excluding hydrogens is 1030 g/mol. The minimum Gasteiger partial charge on any atom is -0.380 e. The number of sulfonamides is 1. The first kappa shape index (κ1) is 55.3. The highest BCUT2D eigenvalue weighted by Gasteiger charge is 2.48. The molecule has 0 saturated carbocycles. The number of hydrogen-bond acceptors (Lipinski definition) is 14. The van der Waals surface area contributed by atoms with Crippen LogP contribution in [0.3, 0.4) is 0 Å². The van der Waals surface area contributed by atoms with Gasteiger partial charge in [-0.15, -0.1) is 11.8 Å². The van der Waals surface area contributed by atoms with Gasteiger partial charge < -0.3 is 24.2 Å². The van der Waals surface area contributed by atoms with Gasteiger partial charge in [-0.05, 0) is 104 Å². The lowest BCUT2D eigenvalue weighted by atomic mass is 9.99. The summed E-state index contributed by atoms with van der Waals surface area (Å²) in [4.78, 5) is 20.8. The molecule has 0 radical (unpaired) electrons. The molecule has 0 spiro atoms. The number of carbonyl (C=O) groups excluding carboxylic acids is 1. The van der Waals surface area contributed by atoms with E-state index in [1.807, 2.05) is 76.4 Å². The third-order valence-electron chi connectivity index (χ3n) is 12.4. The number of anilines is 2. The van der Waals surface area contributed by atoms with Crippen LogP contribution in [-0.2, 0) is 40.0 Å². The summed E-state index contributed by atoms with van der Waals surface area (Å²) in [5.41, 5.74) is -2.04. The topological polar surface area (TPSA) is 158 Å². The van der Waals surface area contributed by atoms with Crippen LogP contribution in [0.2, 0.25) is 5.02 Å². The molecule has 2 saturated heterocycles. The zero-order valence-electron chi connectivity index (χ0n) is 40.0. The molecule has 1 atom stereocenters. The SMILES string of the molecule is CCOP(=O)(CN1CCN(CC[C@H](CSc2ccccc2)Nc2ccc(S(=O)(=O)NC(=O)c3ccc(N4CCN(Cc5ccccc5-c5ccc(Cl)cc5)CC4)cc3)cc2S(=O)(=O)C(F)(F)F)CC1)OCC. The van der Waals surface area contributed by atoms with E-state index in [-0.39, 0.29) is 25.1 Å². The highest BCUT2D eigenvalue weighted by Crippen LogP contribution is 2.48. The summed E-state index contributed by atoms with van der Waals surface area (Å²) < 4.78 is 123. The maximum Gasteiger partial charge on any atom is 0.501 e. The van der Waals surface area contributed by atoms with E-state index in [4.69, 9.17) is 20.6 Å². The van der Waals surface area contributed by atoms with Gasteiger partial charge in [-0.1, -0.05) is 66.2 Å². The quantitative estimate of drug-likeness (QED) is 0.0499. The molecule has 22 heteroatoms. The second-order valence-electron chi connectivity index (χ2n) is 17.3. The van der Waals surface area contributed by atoms with Gasteiger partial charge in [0, 0.05) is 98.4 Å². The Morgan fingerprint density at radius 1 is 0.764 bits per heavy atom. The lowest BCUT2D eigenvalue weighted by Crippen LogP contribution is -2.47. The Kier molecular flexibility index (Phi) is 19.0. The van der Waals surface area contributed by atoms with Crippen molar-refractivity contribution in [1.82, 2.24) is 19.4 Å². The number of nitrogens with zero attached hydrogens (tertiary/aromatic N) is 4. The average Bonchev–Trinajstić information content (AvgIpc) is 3.36. The zero-order valence-corrected chi connectivity index (χ0v) is 44.1. The van der Waals surface area contributed by atoms with Crippen molar-refractivity contribution in [2.75, 3.05) is 94.4 Å². The largest absolute Gasteiger partial charge is 0.501 e. The third kappa shape index (κ3) is 14.6. The molecule has 2 heterocycles. The highest BCUT2D eigenvalue weighted by atomic mass is 35.5. The number of rotatable bonds is 22. The molecule has 1 amide bonds. The number of hydrogen-bond donors (Lipinski definition) is 2. The fourth-order valence-electron chi connectivity index (χ4n) is 8.55. The van der Waals surface area contributed by atoms with E-state index < -0.39 is 60.4 Å². The first-order chi connectivity index (χ1) is 34.4. The summed E-state index contributed by atoms with van der Waals surface area (Å²) in [6.45, 7) is 10.4. The summed E-state index contributed by atoms with van der Waals surface area (Å²) >= 11 is 7.54. The minimum atomic E-state index is -6.12. The average molecular weight is 1090 g/mol. The molecule has 5 aromatic carbocycles. The maximum absolute atomic E-state index is 14.3. The molecule has 5 aromatic rings. The number of sulfone groups is 1. The second kappa shape index (κ2) is 24.7. The molecule has 72 heavy (non-hydrogen) atoms. The van der Waals surface area contributed by atoms with Gasteiger partial charge in [0.1, 0.15) is 11.2 Å². The Hall–Kier alpha value is -4.47. The van der Waals surface area contributed by atoms with Crippen LogP contribution in [0, 0.1) is 0 Å². The first-order valence-electron chi connectivity index (χ1n) is 23.6. The summed E-state index contributed by atoms with van der Waals surface area (Å²) in [5, 5.41) is 3.68. The highest BCUT2D eigenvalue weighted by molar-refractivity contribution is 7.99. The van der Waals surface area contributed by atoms with Crippen molar-refractivity contribution in [2.45, 2.75) is 53.0 Å². The number of nitrogens with one attached hydrogen (secondary N) is 2. The van der Waals surface area contributed by atoms with E-state index in [9.17, 15) is 39.4 Å². The summed E-state index contributed by atoms with van der Waals surface area (Å²) in [6.07, 6.45) is 0.511. The standard InChI is InChI=1S/C50H59ClF3N6O8PS3/c1-3-67-69(62,68-4-2)37-59-28-26-57(27-29-59)25-24-42(36-70-44-11-6-5-7-12-44)55-47-23-22-45(34-48(47)71(63,64)50(52,53)54)72(65,66)56-49(61)39-16-20-43(21-17-39)60-32-30-58(31-33-60)35-40-10-8-9-13-46(40)38-14-18-41(51)19-15-38/h5-23,34,42,55H,3-4,24-33,35-37H2,1-2H3,(H,56,61)/t42-/m1/s1. The van der Waals surface area contributed by atoms with Crippen molar-refractivity contribution >= 4 is 68.1 Å². The van der Waals surface area contributed by atoms with Crippen LogP contribution >= 0.6 is 31.0 Å². The van der Waals surface area contributed by atoms with Crippen molar-refractivity contribution < 1.29 is 48.4 Å². The van der Waals surface area contributed by atoms with Gasteiger partial charge in [0.25, 0.3) is 25.8 Å². The summed E-state index contributed by atoms with van der Waals surface area (Å²) in [6, 6.07) is 33.4. The molecule has 2 aliphatic heterocycles. The van der Waals surface area contributed by atoms with E-state index in [1.165, 1.54) is 29.5 Å². The number of halogens is 4. The van der Waals surface area contributed by atoms with Crippen LogP contribution in [0.25, 0.3) is 11.1 Å². The number of thioether (sulfide) groups is 1. The molecule has 388 valence electrons. The van der Waals surface area contributed by atoms with Crippen LogP contribution in [0.5, 0.6) is 0 Å². The minimum absolute atomic E-state index is 0.0302. The summed E-state index contributed by atoms with van der Waals surface area (Å²) in [7, 11) is -14.3. The van der Waals surface area contributed by atoms with Gasteiger partial charge in [-0.2, -0.15) is 13.2 Å². The maximum atomic E-state index is 14.3. The van der Waals surface area contributed by atoms with Crippen LogP contribution in [-0.4, -0.2) is 133 Å². The Morgan fingerprint density at radius 3 is 2.01 bits per heavy atom. The summed E-state index contributed by atoms with van der Waals surface area (Å²) in [5.74, 6) is -0.738. The van der Waals surface area contributed by atoms with E-state index in [2.05, 4.69) is 32.1 Å². The van der Waals surface area contributed by atoms with Crippen LogP contribution < -0.4 is 14.9 Å². The molecule has 0 aromatic heterocycles. The fourth-order valence-corrected chi connectivity index (χ4v) is 13.5. The van der Waals surface area contributed by atoms with Crippen LogP contribution in [0.4, 0.5) is 24.5 Å². The van der Waals surface area contributed by atoms with Crippen LogP contribution in [0.1, 0.15) is 36.2 Å². The van der Waals surface area contributed by atoms with Gasteiger partial charge >= 0.3 is 13.1 Å². The predicted octanol–water partition coefficient (Wildman–Crippen LogP) is 9.55. The van der Waals surface area contributed by atoms with E-state index in [1.54, 1.807) is 26.0 Å². The molecule has 2 aliphatic rings. The first-order valence-corrected chi connectivity index (χ1v) is 29.6. The van der Waals surface area contributed by atoms with E-state index in [0.717, 1.165) is 53.5 Å². The third-order valence-corrected chi connectivity index (χ3v) is 18.7. The van der Waals surface area contributed by atoms with Crippen molar-refractivity contribution in [1.29, 1.82) is 0 Å². The molecule has 7 rings (SSSR count). The normalized spacial score (nSPS) is 16.1. The van der Waals surface area contributed by atoms with Gasteiger partial charge in [0.05, 0.1) is 23.8 Å². The van der Waals surface area contributed by atoms with Crippen molar-refractivity contribution in [3.05, 3.63) is 137 Å². The Bertz CT molecular complexity index is 2870. The molecule has 0 unspecified atom stereocenters. The zero-order chi connectivity index (χ0) is 51.5. The number of benzene rings is 5. The van der Waals surface area contributed by atoms with Crippen LogP contribution in [0.15, 0.2) is 136 Å². The van der Waals surface area contributed by atoms with Crippen molar-refractivity contribution in [3.8, 4) is 11.1 Å². The molecule has 0 aliphatic carbocycles. The number of carbonyl (C=O) groups is 1. The molecule has 2 N–H and O–H groups in total. The molecule has 14 nitrogen and oxygen atoms in total. The number of alkyl halides is 3. The smallest absolute Gasteiger partial charge is 0.380 e. The van der Waals surface area contributed by atoms with Gasteiger partial charge in [0.15, 0.2) is 0 Å². The fraction of sp³-hybridized carbons (Fsp3) is 0.380. The Balaban J connectivity index is 1.00. The lowest BCUT2D eigenvalue weighted by Gasteiger charge is -2.36. The lowest BCUT2D eigenvalue weighted by molar-refractivity contribution is -0.0436. The molecule has 0 bridgehead atoms. The van der Waals surface area contributed by atoms with Crippen molar-refractivity contribution in [3.63, 3.8) is 0 Å². The predicted molar refractivity (Wildman–Crippen MR) is 278 cm³/mol. The van der Waals surface area contributed by atoms with Gasteiger partial charge in [0.2, 0.25) is 0 Å². The van der Waals surface area contributed by atoms with Gasteiger partial charge in [-0.25, -0.2) is 21.6 Å². The molecule has 2 fully saturated rings. The number of piperazine rings is 2. The monoisotopic (exact) mass is 1090 g/mol. The van der Waals surface area contributed by atoms with Gasteiger partial charge in [-0.3, -0.25) is 19.2 Å². The van der Waals surface area contributed by atoms with E-state index in [0.29, 0.717) is 69.1 Å². The Labute approximate surface area is 429 Å². The molecular formula is C50H59ClF3N6O8PS3. The Morgan fingerprint density at radius 2 is 1.38 bits per heavy atom. The number of amides is 1. The van der Waals surface area contributed by atoms with Crippen molar-refractivity contribution in [2.24, 2.45) is 0 Å². The van der Waals surface area contributed by atoms with E-state index >= 15 is 0 Å².